The second-order valence-electron chi connectivity index (χ2n) is 4.26. The molecule has 5 heteroatoms. The summed E-state index contributed by atoms with van der Waals surface area (Å²) in [5, 5.41) is 7.66. The van der Waals surface area contributed by atoms with Gasteiger partial charge in [0.05, 0.1) is 25.0 Å². The molecule has 1 aromatic rings. The first-order valence-electron chi connectivity index (χ1n) is 5.93. The molecule has 5 nitrogen and oxygen atoms in total. The maximum absolute atomic E-state index is 5.37. The van der Waals surface area contributed by atoms with Crippen LogP contribution >= 0.6 is 0 Å². The molecule has 0 amide bonds. The SMILES string of the molecule is CNC(CCOC)c1c(OC)cnn1C(C)C. The first kappa shape index (κ1) is 14.0. The third kappa shape index (κ3) is 3.20. The van der Waals surface area contributed by atoms with Gasteiger partial charge in [-0.05, 0) is 27.3 Å². The van der Waals surface area contributed by atoms with Crippen molar-refractivity contribution in [3.63, 3.8) is 0 Å². The van der Waals surface area contributed by atoms with Crippen LogP contribution in [-0.2, 0) is 4.74 Å². The Hall–Kier alpha value is -1.07. The Labute approximate surface area is 103 Å². The number of ether oxygens (including phenoxy) is 2. The zero-order chi connectivity index (χ0) is 12.8. The Kier molecular flexibility index (Phi) is 5.44. The van der Waals surface area contributed by atoms with E-state index in [0.29, 0.717) is 12.6 Å². The number of aromatic nitrogens is 2. The molecule has 0 spiro atoms. The molecule has 0 saturated carbocycles. The van der Waals surface area contributed by atoms with Crippen LogP contribution in [0.25, 0.3) is 0 Å². The molecule has 0 aliphatic heterocycles. The second-order valence-corrected chi connectivity index (χ2v) is 4.26. The molecule has 0 bridgehead atoms. The van der Waals surface area contributed by atoms with E-state index in [1.165, 1.54) is 0 Å². The first-order valence-corrected chi connectivity index (χ1v) is 5.93. The van der Waals surface area contributed by atoms with Crippen LogP contribution in [0.1, 0.15) is 38.0 Å². The lowest BCUT2D eigenvalue weighted by Crippen LogP contribution is -2.23. The van der Waals surface area contributed by atoms with Crippen molar-refractivity contribution in [1.82, 2.24) is 15.1 Å². The molecule has 0 aliphatic rings. The van der Waals surface area contributed by atoms with Crippen molar-refractivity contribution >= 4 is 0 Å². The third-order valence-electron chi connectivity index (χ3n) is 2.80. The summed E-state index contributed by atoms with van der Waals surface area (Å²) in [6.07, 6.45) is 2.66. The van der Waals surface area contributed by atoms with Gasteiger partial charge in [-0.15, -0.1) is 0 Å². The average molecular weight is 241 g/mol. The highest BCUT2D eigenvalue weighted by Gasteiger charge is 2.21. The smallest absolute Gasteiger partial charge is 0.161 e. The van der Waals surface area contributed by atoms with E-state index in [2.05, 4.69) is 24.3 Å². The fourth-order valence-electron chi connectivity index (χ4n) is 1.91. The molecule has 98 valence electrons. The number of hydrogen-bond acceptors (Lipinski definition) is 4. The van der Waals surface area contributed by atoms with Gasteiger partial charge in [0, 0.05) is 19.8 Å². The molecule has 0 saturated heterocycles. The van der Waals surface area contributed by atoms with E-state index in [4.69, 9.17) is 9.47 Å². The summed E-state index contributed by atoms with van der Waals surface area (Å²) in [6, 6.07) is 0.502. The van der Waals surface area contributed by atoms with Crippen LogP contribution in [0, 0.1) is 0 Å². The second kappa shape index (κ2) is 6.61. The number of hydrogen-bond donors (Lipinski definition) is 1. The van der Waals surface area contributed by atoms with Gasteiger partial charge >= 0.3 is 0 Å². The average Bonchev–Trinajstić information content (AvgIpc) is 2.74. The summed E-state index contributed by atoms with van der Waals surface area (Å²) in [7, 11) is 5.33. The maximum Gasteiger partial charge on any atom is 0.161 e. The zero-order valence-electron chi connectivity index (χ0n) is 11.4. The Morgan fingerprint density at radius 2 is 2.12 bits per heavy atom. The highest BCUT2D eigenvalue weighted by Crippen LogP contribution is 2.29. The van der Waals surface area contributed by atoms with Crippen molar-refractivity contribution < 1.29 is 9.47 Å². The normalized spacial score (nSPS) is 13.1. The summed E-state index contributed by atoms with van der Waals surface area (Å²) in [5.74, 6) is 0.828. The largest absolute Gasteiger partial charge is 0.493 e. The summed E-state index contributed by atoms with van der Waals surface area (Å²) >= 11 is 0. The van der Waals surface area contributed by atoms with Gasteiger partial charge in [0.25, 0.3) is 0 Å². The summed E-state index contributed by atoms with van der Waals surface area (Å²) in [5.41, 5.74) is 1.09. The predicted molar refractivity (Wildman–Crippen MR) is 67.5 cm³/mol. The molecule has 0 radical (unpaired) electrons. The number of rotatable bonds is 7. The molecule has 1 unspecified atom stereocenters. The van der Waals surface area contributed by atoms with Gasteiger partial charge in [0.2, 0.25) is 0 Å². The molecule has 1 heterocycles. The van der Waals surface area contributed by atoms with Gasteiger partial charge in [-0.2, -0.15) is 5.10 Å². The molecule has 1 atom stereocenters. The third-order valence-corrected chi connectivity index (χ3v) is 2.80. The highest BCUT2D eigenvalue weighted by molar-refractivity contribution is 5.28. The lowest BCUT2D eigenvalue weighted by molar-refractivity contribution is 0.181. The van der Waals surface area contributed by atoms with Gasteiger partial charge < -0.3 is 14.8 Å². The molecule has 1 N–H and O–H groups in total. The molecule has 0 fully saturated rings. The monoisotopic (exact) mass is 241 g/mol. The van der Waals surface area contributed by atoms with Crippen molar-refractivity contribution in [2.45, 2.75) is 32.4 Å². The lowest BCUT2D eigenvalue weighted by Gasteiger charge is -2.20. The van der Waals surface area contributed by atoms with Crippen LogP contribution in [0.2, 0.25) is 0 Å². The molecule has 0 aliphatic carbocycles. The summed E-state index contributed by atoms with van der Waals surface area (Å²) < 4.78 is 12.5. The maximum atomic E-state index is 5.37. The van der Waals surface area contributed by atoms with Gasteiger partial charge in [-0.25, -0.2) is 0 Å². The minimum Gasteiger partial charge on any atom is -0.493 e. The van der Waals surface area contributed by atoms with E-state index in [0.717, 1.165) is 17.9 Å². The summed E-state index contributed by atoms with van der Waals surface area (Å²) in [6.45, 7) is 4.93. The van der Waals surface area contributed by atoms with Crippen molar-refractivity contribution in [3.05, 3.63) is 11.9 Å². The van der Waals surface area contributed by atoms with Crippen molar-refractivity contribution in [2.24, 2.45) is 0 Å². The highest BCUT2D eigenvalue weighted by atomic mass is 16.5. The van der Waals surface area contributed by atoms with Crippen LogP contribution in [0.5, 0.6) is 5.75 Å². The van der Waals surface area contributed by atoms with Crippen molar-refractivity contribution in [2.75, 3.05) is 27.9 Å². The fraction of sp³-hybridized carbons (Fsp3) is 0.750. The van der Waals surface area contributed by atoms with Gasteiger partial charge in [-0.3, -0.25) is 4.68 Å². The van der Waals surface area contributed by atoms with E-state index in [-0.39, 0.29) is 6.04 Å². The minimum absolute atomic E-state index is 0.190. The Morgan fingerprint density at radius 3 is 2.59 bits per heavy atom. The van der Waals surface area contributed by atoms with Crippen molar-refractivity contribution in [3.8, 4) is 5.75 Å². The molecule has 17 heavy (non-hydrogen) atoms. The predicted octanol–water partition coefficient (Wildman–Crippen LogP) is 1.77. The fourth-order valence-corrected chi connectivity index (χ4v) is 1.91. The summed E-state index contributed by atoms with van der Waals surface area (Å²) in [4.78, 5) is 0. The molecule has 1 rings (SSSR count). The van der Waals surface area contributed by atoms with Crippen LogP contribution in [0.3, 0.4) is 0 Å². The minimum atomic E-state index is 0.190. The molecular formula is C12H23N3O2. The number of methoxy groups -OCH3 is 2. The number of nitrogens with zero attached hydrogens (tertiary/aromatic N) is 2. The van der Waals surface area contributed by atoms with E-state index >= 15 is 0 Å². The Bertz CT molecular complexity index is 336. The standard InChI is InChI=1S/C12H23N3O2/c1-9(2)15-12(11(17-5)8-14-15)10(13-3)6-7-16-4/h8-10,13H,6-7H2,1-5H3. The molecular weight excluding hydrogens is 218 g/mol. The zero-order valence-corrected chi connectivity index (χ0v) is 11.4. The number of nitrogens with one attached hydrogen (secondary N) is 1. The van der Waals surface area contributed by atoms with E-state index in [9.17, 15) is 0 Å². The topological polar surface area (TPSA) is 48.3 Å². The Balaban J connectivity index is 3.01. The first-order chi connectivity index (χ1) is 8.15. The van der Waals surface area contributed by atoms with E-state index in [1.807, 2.05) is 11.7 Å². The van der Waals surface area contributed by atoms with Gasteiger partial charge in [0.15, 0.2) is 5.75 Å². The van der Waals surface area contributed by atoms with E-state index < -0.39 is 0 Å². The van der Waals surface area contributed by atoms with E-state index in [1.54, 1.807) is 20.4 Å². The van der Waals surface area contributed by atoms with Crippen LogP contribution in [0.15, 0.2) is 6.20 Å². The van der Waals surface area contributed by atoms with Gasteiger partial charge in [0.1, 0.15) is 0 Å². The molecule has 1 aromatic heterocycles. The van der Waals surface area contributed by atoms with Gasteiger partial charge in [-0.1, -0.05) is 0 Å². The van der Waals surface area contributed by atoms with Crippen LogP contribution in [0.4, 0.5) is 0 Å². The lowest BCUT2D eigenvalue weighted by atomic mass is 10.1. The van der Waals surface area contributed by atoms with Crippen LogP contribution < -0.4 is 10.1 Å². The molecule has 0 aromatic carbocycles. The Morgan fingerprint density at radius 1 is 1.41 bits per heavy atom. The van der Waals surface area contributed by atoms with Crippen LogP contribution in [-0.4, -0.2) is 37.7 Å². The quantitative estimate of drug-likeness (QED) is 0.790. The van der Waals surface area contributed by atoms with Crippen molar-refractivity contribution in [1.29, 1.82) is 0 Å².